The first-order valence-corrected chi connectivity index (χ1v) is 5.69. The number of guanidine groups is 1. The molecule has 0 fully saturated rings. The van der Waals surface area contributed by atoms with E-state index in [-0.39, 0.29) is 5.54 Å². The van der Waals surface area contributed by atoms with Crippen molar-refractivity contribution in [3.05, 3.63) is 34.3 Å². The lowest BCUT2D eigenvalue weighted by Crippen LogP contribution is -2.47. The molecule has 0 spiro atoms. The third-order valence-electron chi connectivity index (χ3n) is 2.54. The Morgan fingerprint density at radius 3 is 2.67 bits per heavy atom. The molecule has 0 saturated carbocycles. The fraction of sp³-hybridized carbons (Fsp3) is 0.364. The molecule has 2 rings (SSSR count). The minimum Gasteiger partial charge on any atom is -0.370 e. The highest BCUT2D eigenvalue weighted by atomic mass is 79.9. The Kier molecular flexibility index (Phi) is 2.69. The van der Waals surface area contributed by atoms with Gasteiger partial charge in [-0.1, -0.05) is 28.1 Å². The van der Waals surface area contributed by atoms with Gasteiger partial charge in [0.25, 0.3) is 0 Å². The minimum atomic E-state index is -0.0298. The molecular formula is C11H14BrN3. The molecular weight excluding hydrogens is 254 g/mol. The SMILES string of the molecule is CC1(Cc2ccc(Br)cc2)CN=C(N)N1. The van der Waals surface area contributed by atoms with E-state index in [1.165, 1.54) is 5.56 Å². The first-order valence-electron chi connectivity index (χ1n) is 4.90. The number of nitrogens with one attached hydrogen (secondary N) is 1. The second-order valence-electron chi connectivity index (χ2n) is 4.19. The van der Waals surface area contributed by atoms with Crippen molar-refractivity contribution in [3.8, 4) is 0 Å². The Morgan fingerprint density at radius 1 is 1.47 bits per heavy atom. The maximum Gasteiger partial charge on any atom is 0.189 e. The number of nitrogens with two attached hydrogens (primary N) is 1. The van der Waals surface area contributed by atoms with E-state index in [4.69, 9.17) is 5.73 Å². The maximum absolute atomic E-state index is 5.62. The van der Waals surface area contributed by atoms with Crippen LogP contribution in [0, 0.1) is 0 Å². The van der Waals surface area contributed by atoms with Crippen molar-refractivity contribution in [1.82, 2.24) is 5.32 Å². The quantitative estimate of drug-likeness (QED) is 0.857. The Balaban J connectivity index is 2.06. The van der Waals surface area contributed by atoms with Gasteiger partial charge in [0.05, 0.1) is 12.1 Å². The van der Waals surface area contributed by atoms with Crippen LogP contribution in [0.3, 0.4) is 0 Å². The van der Waals surface area contributed by atoms with E-state index in [1.807, 2.05) is 0 Å². The average molecular weight is 268 g/mol. The van der Waals surface area contributed by atoms with Crippen LogP contribution in [0.4, 0.5) is 0 Å². The van der Waals surface area contributed by atoms with Gasteiger partial charge >= 0.3 is 0 Å². The summed E-state index contributed by atoms with van der Waals surface area (Å²) in [6.07, 6.45) is 0.935. The zero-order chi connectivity index (χ0) is 10.9. The van der Waals surface area contributed by atoms with Crippen LogP contribution in [0.5, 0.6) is 0 Å². The van der Waals surface area contributed by atoms with Crippen LogP contribution in [0.15, 0.2) is 33.7 Å². The second kappa shape index (κ2) is 3.85. The summed E-state index contributed by atoms with van der Waals surface area (Å²) in [5.41, 5.74) is 6.88. The second-order valence-corrected chi connectivity index (χ2v) is 5.11. The van der Waals surface area contributed by atoms with Gasteiger partial charge in [-0.15, -0.1) is 0 Å². The van der Waals surface area contributed by atoms with Crippen LogP contribution < -0.4 is 11.1 Å². The summed E-state index contributed by atoms with van der Waals surface area (Å²) in [5.74, 6) is 0.551. The van der Waals surface area contributed by atoms with E-state index in [0.29, 0.717) is 5.96 Å². The van der Waals surface area contributed by atoms with Crippen molar-refractivity contribution in [3.63, 3.8) is 0 Å². The van der Waals surface area contributed by atoms with Crippen LogP contribution in [0.25, 0.3) is 0 Å². The van der Waals surface area contributed by atoms with Crippen LogP contribution in [-0.4, -0.2) is 18.0 Å². The number of halogens is 1. The van der Waals surface area contributed by atoms with Gasteiger partial charge in [0.1, 0.15) is 0 Å². The average Bonchev–Trinajstić information content (AvgIpc) is 2.50. The molecule has 1 atom stereocenters. The number of hydrogen-bond donors (Lipinski definition) is 2. The van der Waals surface area contributed by atoms with Gasteiger partial charge in [-0.25, -0.2) is 0 Å². The van der Waals surface area contributed by atoms with Crippen LogP contribution in [-0.2, 0) is 6.42 Å². The molecule has 1 aliphatic heterocycles. The number of hydrogen-bond acceptors (Lipinski definition) is 3. The third-order valence-corrected chi connectivity index (χ3v) is 3.06. The molecule has 80 valence electrons. The Hall–Kier alpha value is -1.03. The topological polar surface area (TPSA) is 50.4 Å². The van der Waals surface area contributed by atoms with Crippen LogP contribution in [0.2, 0.25) is 0 Å². The van der Waals surface area contributed by atoms with Crippen molar-refractivity contribution >= 4 is 21.9 Å². The summed E-state index contributed by atoms with van der Waals surface area (Å²) in [7, 11) is 0. The monoisotopic (exact) mass is 267 g/mol. The van der Waals surface area contributed by atoms with Gasteiger partial charge in [0, 0.05) is 4.47 Å². The molecule has 3 nitrogen and oxygen atoms in total. The number of aliphatic imine (C=N–C) groups is 1. The highest BCUT2D eigenvalue weighted by Gasteiger charge is 2.29. The lowest BCUT2D eigenvalue weighted by Gasteiger charge is -2.24. The Bertz CT molecular complexity index is 385. The Morgan fingerprint density at radius 2 is 2.13 bits per heavy atom. The summed E-state index contributed by atoms with van der Waals surface area (Å²) in [4.78, 5) is 4.18. The molecule has 0 radical (unpaired) electrons. The highest BCUT2D eigenvalue weighted by molar-refractivity contribution is 9.10. The summed E-state index contributed by atoms with van der Waals surface area (Å²) in [6.45, 7) is 2.88. The smallest absolute Gasteiger partial charge is 0.189 e. The lowest BCUT2D eigenvalue weighted by molar-refractivity contribution is 0.453. The van der Waals surface area contributed by atoms with E-state index in [1.54, 1.807) is 0 Å². The zero-order valence-corrected chi connectivity index (χ0v) is 10.2. The largest absolute Gasteiger partial charge is 0.370 e. The van der Waals surface area contributed by atoms with Crippen molar-refractivity contribution in [2.75, 3.05) is 6.54 Å². The molecule has 0 saturated heterocycles. The Labute approximate surface area is 97.9 Å². The normalized spacial score (nSPS) is 24.8. The molecule has 1 aliphatic rings. The molecule has 4 heteroatoms. The summed E-state index contributed by atoms with van der Waals surface area (Å²) in [6, 6.07) is 8.34. The van der Waals surface area contributed by atoms with Gasteiger partial charge in [-0.05, 0) is 31.0 Å². The molecule has 0 bridgehead atoms. The van der Waals surface area contributed by atoms with Gasteiger partial charge in [0.15, 0.2) is 5.96 Å². The van der Waals surface area contributed by atoms with Crippen molar-refractivity contribution in [2.45, 2.75) is 18.9 Å². The summed E-state index contributed by atoms with van der Waals surface area (Å²) < 4.78 is 1.10. The fourth-order valence-electron chi connectivity index (χ4n) is 1.80. The van der Waals surface area contributed by atoms with Gasteiger partial charge in [0.2, 0.25) is 0 Å². The third kappa shape index (κ3) is 2.50. The van der Waals surface area contributed by atoms with E-state index in [2.05, 4.69) is 57.4 Å². The molecule has 0 aromatic heterocycles. The molecule has 0 amide bonds. The molecule has 1 unspecified atom stereocenters. The number of rotatable bonds is 2. The van der Waals surface area contributed by atoms with Crippen molar-refractivity contribution in [2.24, 2.45) is 10.7 Å². The molecule has 0 aliphatic carbocycles. The maximum atomic E-state index is 5.62. The van der Waals surface area contributed by atoms with Crippen molar-refractivity contribution < 1.29 is 0 Å². The molecule has 1 aromatic rings. The predicted molar refractivity (Wildman–Crippen MR) is 65.9 cm³/mol. The number of nitrogens with zero attached hydrogens (tertiary/aromatic N) is 1. The van der Waals surface area contributed by atoms with E-state index in [9.17, 15) is 0 Å². The molecule has 1 heterocycles. The van der Waals surface area contributed by atoms with E-state index in [0.717, 1.165) is 17.4 Å². The van der Waals surface area contributed by atoms with Gasteiger partial charge < -0.3 is 11.1 Å². The van der Waals surface area contributed by atoms with Crippen LogP contribution in [0.1, 0.15) is 12.5 Å². The van der Waals surface area contributed by atoms with E-state index < -0.39 is 0 Å². The first-order chi connectivity index (χ1) is 7.07. The summed E-state index contributed by atoms with van der Waals surface area (Å²) >= 11 is 3.42. The standard InChI is InChI=1S/C11H14BrN3/c1-11(7-14-10(13)15-11)6-8-2-4-9(12)5-3-8/h2-5H,6-7H2,1H3,(H3,13,14,15). The molecule has 3 N–H and O–H groups in total. The molecule has 15 heavy (non-hydrogen) atoms. The lowest BCUT2D eigenvalue weighted by atomic mass is 9.94. The predicted octanol–water partition coefficient (Wildman–Crippen LogP) is 1.67. The van der Waals surface area contributed by atoms with Gasteiger partial charge in [-0.2, -0.15) is 0 Å². The van der Waals surface area contributed by atoms with E-state index >= 15 is 0 Å². The minimum absolute atomic E-state index is 0.0298. The van der Waals surface area contributed by atoms with Crippen molar-refractivity contribution in [1.29, 1.82) is 0 Å². The molecule has 1 aromatic carbocycles. The number of benzene rings is 1. The van der Waals surface area contributed by atoms with Crippen LogP contribution >= 0.6 is 15.9 Å². The highest BCUT2D eigenvalue weighted by Crippen LogP contribution is 2.18. The zero-order valence-electron chi connectivity index (χ0n) is 8.63. The van der Waals surface area contributed by atoms with Gasteiger partial charge in [-0.3, -0.25) is 4.99 Å². The fourth-order valence-corrected chi connectivity index (χ4v) is 2.07. The summed E-state index contributed by atoms with van der Waals surface area (Å²) in [5, 5.41) is 3.21. The first kappa shape index (κ1) is 10.5.